The second-order valence-corrected chi connectivity index (χ2v) is 13.9. The van der Waals surface area contributed by atoms with Gasteiger partial charge in [0.15, 0.2) is 0 Å². The number of rotatable bonds is 6. The van der Waals surface area contributed by atoms with E-state index in [4.69, 9.17) is 14.9 Å². The number of hydrogen-bond acceptors (Lipinski definition) is 6. The second kappa shape index (κ2) is 9.27. The van der Waals surface area contributed by atoms with Crippen LogP contribution in [0.5, 0.6) is 0 Å². The van der Waals surface area contributed by atoms with Crippen molar-refractivity contribution in [3.05, 3.63) is 83.4 Å². The molecule has 186 valence electrons. The van der Waals surface area contributed by atoms with E-state index in [0.29, 0.717) is 4.57 Å². The van der Waals surface area contributed by atoms with E-state index in [2.05, 4.69) is 4.98 Å². The Hall–Kier alpha value is -2.92. The molecule has 7 nitrogen and oxygen atoms in total. The molecule has 0 bridgehead atoms. The number of ether oxygens (including phenoxy) is 1. The summed E-state index contributed by atoms with van der Waals surface area (Å²) in [7, 11) is -3.41. The number of halogens is 2. The lowest BCUT2D eigenvalue weighted by molar-refractivity contribution is -0.138. The molecule has 0 amide bonds. The normalized spacial score (nSPS) is 22.3. The summed E-state index contributed by atoms with van der Waals surface area (Å²) in [5.41, 5.74) is 4.55. The Balaban J connectivity index is 1.88. The van der Waals surface area contributed by atoms with E-state index in [1.165, 1.54) is 6.07 Å². The number of aliphatic hydroxyl groups excluding tert-OH is 1. The lowest BCUT2D eigenvalue weighted by Gasteiger charge is -2.45. The van der Waals surface area contributed by atoms with Gasteiger partial charge in [0, 0.05) is 6.20 Å². The molecule has 0 radical (unpaired) electrons. The molecule has 3 aromatic rings. The van der Waals surface area contributed by atoms with E-state index in [1.807, 2.05) is 81.4 Å². The molecular weight excluding hydrogens is 472 g/mol. The zero-order chi connectivity index (χ0) is 25.4. The van der Waals surface area contributed by atoms with Crippen LogP contribution in [0.15, 0.2) is 77.7 Å². The minimum Gasteiger partial charge on any atom is -0.395 e. The van der Waals surface area contributed by atoms with Crippen molar-refractivity contribution in [1.82, 2.24) is 9.55 Å². The number of hydrogen-bond donors (Lipinski definition) is 2. The van der Waals surface area contributed by atoms with E-state index in [1.54, 1.807) is 0 Å². The van der Waals surface area contributed by atoms with Gasteiger partial charge < -0.3 is 20.0 Å². The van der Waals surface area contributed by atoms with Gasteiger partial charge in [-0.2, -0.15) is 13.8 Å². The van der Waals surface area contributed by atoms with Gasteiger partial charge in [-0.05, 0) is 21.5 Å². The number of nitrogens with zero attached hydrogens (tertiary/aromatic N) is 2. The Kier molecular flexibility index (Phi) is 6.67. The fourth-order valence-electron chi connectivity index (χ4n) is 4.75. The molecule has 3 atom stereocenters. The summed E-state index contributed by atoms with van der Waals surface area (Å²) >= 11 is 0. The van der Waals surface area contributed by atoms with Crippen LogP contribution in [0, 0.1) is 0 Å². The molecule has 10 heteroatoms. The van der Waals surface area contributed by atoms with Gasteiger partial charge in [-0.3, -0.25) is 4.57 Å². The second-order valence-electron chi connectivity index (χ2n) is 9.63. The largest absolute Gasteiger partial charge is 0.395 e. The first-order chi connectivity index (χ1) is 16.5. The third-order valence-electron chi connectivity index (χ3n) is 6.35. The summed E-state index contributed by atoms with van der Waals surface area (Å²) in [6.45, 7) is 5.18. The summed E-state index contributed by atoms with van der Waals surface area (Å²) in [6.07, 6.45) is -4.10. The zero-order valence-electron chi connectivity index (χ0n) is 19.8. The van der Waals surface area contributed by atoms with Crippen LogP contribution in [0.25, 0.3) is 0 Å². The molecule has 1 fully saturated rings. The molecule has 1 aliphatic heterocycles. The van der Waals surface area contributed by atoms with Gasteiger partial charge in [0.05, 0.1) is 6.61 Å². The first-order valence-corrected chi connectivity index (χ1v) is 13.2. The predicted molar refractivity (Wildman–Crippen MR) is 131 cm³/mol. The minimum absolute atomic E-state index is 0.0913. The van der Waals surface area contributed by atoms with Gasteiger partial charge in [0.2, 0.25) is 6.23 Å². The molecule has 1 aromatic heterocycles. The zero-order valence-corrected chi connectivity index (χ0v) is 20.8. The van der Waals surface area contributed by atoms with Crippen LogP contribution in [0.3, 0.4) is 0 Å². The number of benzene rings is 2. The number of nitrogen functional groups attached to an aromatic ring is 1. The molecule has 2 heterocycles. The van der Waals surface area contributed by atoms with Crippen molar-refractivity contribution < 1.29 is 23.1 Å². The summed E-state index contributed by atoms with van der Waals surface area (Å²) in [5.74, 6) is -3.76. The van der Waals surface area contributed by atoms with Crippen molar-refractivity contribution in [3.63, 3.8) is 0 Å². The standard InChI is InChI=1S/C25H29F2N3O4Si/c1-24(2,3)35(17-10-6-4-7-11-17,18-12-8-5-9-13-18)34-21-19(16-31)33-22(25(21,26)27)30-15-14-20(28)29-23(30)32/h4-15,19,21-22,31H,16H2,1-3H3,(H2,28,29,32). The van der Waals surface area contributed by atoms with E-state index < -0.39 is 50.0 Å². The number of aliphatic hydroxyl groups is 1. The highest BCUT2D eigenvalue weighted by Gasteiger charge is 2.64. The average Bonchev–Trinajstić information content (AvgIpc) is 3.07. The molecular formula is C25H29F2N3O4Si. The number of nitrogens with two attached hydrogens (primary N) is 1. The third-order valence-corrected chi connectivity index (χ3v) is 11.4. The molecule has 3 N–H and O–H groups in total. The van der Waals surface area contributed by atoms with Crippen molar-refractivity contribution in [3.8, 4) is 0 Å². The SMILES string of the molecule is CC(C)(C)[Si](OC1C(CO)OC(n2ccc(N)nc2=O)C1(F)F)(c1ccccc1)c1ccccc1. The van der Waals surface area contributed by atoms with Crippen molar-refractivity contribution in [2.75, 3.05) is 12.3 Å². The maximum absolute atomic E-state index is 16.1. The fraction of sp³-hybridized carbons (Fsp3) is 0.360. The van der Waals surface area contributed by atoms with Gasteiger partial charge >= 0.3 is 11.6 Å². The molecule has 1 aliphatic rings. The maximum atomic E-state index is 16.1. The summed E-state index contributed by atoms with van der Waals surface area (Å²) in [6, 6.07) is 19.9. The Morgan fingerprint density at radius 3 is 2.09 bits per heavy atom. The highest BCUT2D eigenvalue weighted by molar-refractivity contribution is 6.99. The first kappa shape index (κ1) is 25.2. The molecule has 0 saturated carbocycles. The number of alkyl halides is 2. The maximum Gasteiger partial charge on any atom is 0.351 e. The van der Waals surface area contributed by atoms with Crippen molar-refractivity contribution >= 4 is 24.5 Å². The lowest BCUT2D eigenvalue weighted by atomic mass is 10.1. The van der Waals surface area contributed by atoms with Gasteiger partial charge in [-0.1, -0.05) is 81.4 Å². The Morgan fingerprint density at radius 1 is 1.09 bits per heavy atom. The molecule has 0 spiro atoms. The monoisotopic (exact) mass is 501 g/mol. The van der Waals surface area contributed by atoms with Crippen LogP contribution in [0.2, 0.25) is 5.04 Å². The van der Waals surface area contributed by atoms with Gasteiger partial charge in [0.1, 0.15) is 18.0 Å². The predicted octanol–water partition coefficient (Wildman–Crippen LogP) is 2.30. The van der Waals surface area contributed by atoms with Gasteiger partial charge in [-0.15, -0.1) is 0 Å². The molecule has 35 heavy (non-hydrogen) atoms. The van der Waals surface area contributed by atoms with Crippen LogP contribution in [-0.4, -0.2) is 47.7 Å². The summed E-state index contributed by atoms with van der Waals surface area (Å²) in [5, 5.41) is 11.1. The van der Waals surface area contributed by atoms with Crippen LogP contribution in [-0.2, 0) is 9.16 Å². The van der Waals surface area contributed by atoms with E-state index in [0.717, 1.165) is 16.6 Å². The summed E-state index contributed by atoms with van der Waals surface area (Å²) in [4.78, 5) is 15.9. The van der Waals surface area contributed by atoms with Crippen LogP contribution < -0.4 is 21.8 Å². The lowest BCUT2D eigenvalue weighted by Crippen LogP contribution is -2.69. The quantitative estimate of drug-likeness (QED) is 0.503. The minimum atomic E-state index is -3.66. The average molecular weight is 502 g/mol. The molecule has 1 saturated heterocycles. The number of aromatic nitrogens is 2. The van der Waals surface area contributed by atoms with Crippen LogP contribution in [0.4, 0.5) is 14.6 Å². The van der Waals surface area contributed by atoms with Crippen molar-refractivity contribution in [2.24, 2.45) is 0 Å². The molecule has 3 unspecified atom stereocenters. The highest BCUT2D eigenvalue weighted by atomic mass is 28.4. The number of anilines is 1. The van der Waals surface area contributed by atoms with Crippen LogP contribution in [0.1, 0.15) is 27.0 Å². The van der Waals surface area contributed by atoms with Crippen LogP contribution >= 0.6 is 0 Å². The Labute approximate surface area is 203 Å². The topological polar surface area (TPSA) is 99.6 Å². The molecule has 4 rings (SSSR count). The van der Waals surface area contributed by atoms with E-state index in [-0.39, 0.29) is 5.82 Å². The molecule has 2 aromatic carbocycles. The Bertz CT molecular complexity index is 1180. The highest BCUT2D eigenvalue weighted by Crippen LogP contribution is 2.47. The molecule has 0 aliphatic carbocycles. The fourth-order valence-corrected chi connectivity index (χ4v) is 9.45. The van der Waals surface area contributed by atoms with Crippen molar-refractivity contribution in [2.45, 2.75) is 50.2 Å². The smallest absolute Gasteiger partial charge is 0.351 e. The van der Waals surface area contributed by atoms with Crippen molar-refractivity contribution in [1.29, 1.82) is 0 Å². The first-order valence-electron chi connectivity index (χ1n) is 11.3. The summed E-state index contributed by atoms with van der Waals surface area (Å²) < 4.78 is 45.0. The van der Waals surface area contributed by atoms with E-state index in [9.17, 15) is 9.90 Å². The Morgan fingerprint density at radius 2 is 1.63 bits per heavy atom. The van der Waals surface area contributed by atoms with Gasteiger partial charge in [-0.25, -0.2) is 4.79 Å². The van der Waals surface area contributed by atoms with Gasteiger partial charge in [0.25, 0.3) is 8.32 Å². The third kappa shape index (κ3) is 4.31. The van der Waals surface area contributed by atoms with E-state index >= 15 is 8.78 Å².